The summed E-state index contributed by atoms with van der Waals surface area (Å²) in [5.41, 5.74) is 1.42. The van der Waals surface area contributed by atoms with Gasteiger partial charge in [-0.05, 0) is 52.5 Å². The van der Waals surface area contributed by atoms with Crippen molar-refractivity contribution in [2.75, 3.05) is 6.54 Å². The van der Waals surface area contributed by atoms with Crippen molar-refractivity contribution in [2.24, 2.45) is 0 Å². The number of rotatable bonds is 2. The van der Waals surface area contributed by atoms with E-state index in [0.717, 1.165) is 36.9 Å². The third-order valence-electron chi connectivity index (χ3n) is 4.75. The molecule has 1 aromatic heterocycles. The standard InChI is InChI=1S/C19H26N2O4/c1-19(2,3)25-18(22)21-10-4-5-15-17(21)13-8-9-16(24-12-6-7-12)20-14(13)11-23-15/h8-9,12,15,17H,4-7,10-11H2,1-3H3/t15-,17-/m0/s1. The van der Waals surface area contributed by atoms with Crippen LogP contribution in [0.25, 0.3) is 0 Å². The number of hydrogen-bond donors (Lipinski definition) is 0. The van der Waals surface area contributed by atoms with Gasteiger partial charge in [0.05, 0.1) is 24.4 Å². The van der Waals surface area contributed by atoms with Crippen LogP contribution in [-0.2, 0) is 16.1 Å². The Kier molecular flexibility index (Phi) is 4.10. The van der Waals surface area contributed by atoms with Crippen LogP contribution in [0.3, 0.4) is 0 Å². The van der Waals surface area contributed by atoms with Crippen LogP contribution in [0.1, 0.15) is 63.8 Å². The average molecular weight is 346 g/mol. The van der Waals surface area contributed by atoms with E-state index in [0.29, 0.717) is 25.1 Å². The van der Waals surface area contributed by atoms with Gasteiger partial charge in [-0.2, -0.15) is 0 Å². The Bertz CT molecular complexity index is 666. The molecular weight excluding hydrogens is 320 g/mol. The van der Waals surface area contributed by atoms with Gasteiger partial charge in [0, 0.05) is 18.2 Å². The second-order valence-electron chi connectivity index (χ2n) is 8.11. The lowest BCUT2D eigenvalue weighted by atomic mass is 9.89. The topological polar surface area (TPSA) is 60.9 Å². The van der Waals surface area contributed by atoms with Gasteiger partial charge in [0.1, 0.15) is 11.7 Å². The number of carbonyl (C=O) groups excluding carboxylic acids is 1. The Labute approximate surface area is 148 Å². The predicted molar refractivity (Wildman–Crippen MR) is 91.4 cm³/mol. The summed E-state index contributed by atoms with van der Waals surface area (Å²) < 4.78 is 17.4. The number of piperidine rings is 1. The van der Waals surface area contributed by atoms with Crippen molar-refractivity contribution < 1.29 is 19.0 Å². The molecule has 6 heteroatoms. The normalized spacial score (nSPS) is 25.8. The molecule has 3 heterocycles. The van der Waals surface area contributed by atoms with Crippen molar-refractivity contribution in [2.45, 2.75) is 76.9 Å². The summed E-state index contributed by atoms with van der Waals surface area (Å²) >= 11 is 0. The molecule has 0 spiro atoms. The van der Waals surface area contributed by atoms with E-state index in [1.54, 1.807) is 4.90 Å². The molecule has 0 unspecified atom stereocenters. The van der Waals surface area contributed by atoms with Crippen LogP contribution in [0.4, 0.5) is 4.79 Å². The van der Waals surface area contributed by atoms with Crippen LogP contribution in [0.5, 0.6) is 5.88 Å². The van der Waals surface area contributed by atoms with E-state index in [1.165, 1.54) is 0 Å². The fourth-order valence-corrected chi connectivity index (χ4v) is 3.51. The van der Waals surface area contributed by atoms with Crippen LogP contribution in [0, 0.1) is 0 Å². The van der Waals surface area contributed by atoms with Crippen molar-refractivity contribution in [3.8, 4) is 5.88 Å². The van der Waals surface area contributed by atoms with Crippen LogP contribution in [0.2, 0.25) is 0 Å². The van der Waals surface area contributed by atoms with E-state index in [4.69, 9.17) is 14.2 Å². The largest absolute Gasteiger partial charge is 0.474 e. The summed E-state index contributed by atoms with van der Waals surface area (Å²) in [7, 11) is 0. The first-order valence-electron chi connectivity index (χ1n) is 9.18. The molecule has 3 aliphatic rings. The molecule has 2 atom stereocenters. The van der Waals surface area contributed by atoms with E-state index in [9.17, 15) is 4.79 Å². The van der Waals surface area contributed by atoms with E-state index in [2.05, 4.69) is 4.98 Å². The highest BCUT2D eigenvalue weighted by Gasteiger charge is 2.42. The Morgan fingerprint density at radius 3 is 2.80 bits per heavy atom. The Morgan fingerprint density at radius 1 is 1.28 bits per heavy atom. The number of hydrogen-bond acceptors (Lipinski definition) is 5. The van der Waals surface area contributed by atoms with Crippen molar-refractivity contribution in [1.82, 2.24) is 9.88 Å². The number of pyridine rings is 1. The molecule has 2 fully saturated rings. The first-order chi connectivity index (χ1) is 11.9. The minimum atomic E-state index is -0.511. The maximum Gasteiger partial charge on any atom is 0.410 e. The molecule has 25 heavy (non-hydrogen) atoms. The minimum Gasteiger partial charge on any atom is -0.474 e. The summed E-state index contributed by atoms with van der Waals surface area (Å²) in [4.78, 5) is 19.1. The molecule has 2 aliphatic heterocycles. The van der Waals surface area contributed by atoms with Gasteiger partial charge in [-0.25, -0.2) is 9.78 Å². The highest BCUT2D eigenvalue weighted by molar-refractivity contribution is 5.69. The van der Waals surface area contributed by atoms with Crippen LogP contribution < -0.4 is 4.74 Å². The highest BCUT2D eigenvalue weighted by atomic mass is 16.6. The quantitative estimate of drug-likeness (QED) is 0.819. The van der Waals surface area contributed by atoms with Gasteiger partial charge in [0.25, 0.3) is 0 Å². The number of amides is 1. The van der Waals surface area contributed by atoms with Crippen molar-refractivity contribution in [1.29, 1.82) is 0 Å². The number of aromatic nitrogens is 1. The van der Waals surface area contributed by atoms with Gasteiger partial charge < -0.3 is 14.2 Å². The van der Waals surface area contributed by atoms with Gasteiger partial charge in [-0.1, -0.05) is 0 Å². The minimum absolute atomic E-state index is 0.00534. The molecule has 136 valence electrons. The molecule has 0 radical (unpaired) electrons. The second kappa shape index (κ2) is 6.16. The summed E-state index contributed by atoms with van der Waals surface area (Å²) in [5, 5.41) is 0. The number of carbonyl (C=O) groups is 1. The molecule has 4 rings (SSSR count). The molecule has 0 aromatic carbocycles. The van der Waals surface area contributed by atoms with Gasteiger partial charge in [-0.3, -0.25) is 4.90 Å². The molecule has 0 N–H and O–H groups in total. The maximum absolute atomic E-state index is 12.7. The van der Waals surface area contributed by atoms with Gasteiger partial charge >= 0.3 is 6.09 Å². The lowest BCUT2D eigenvalue weighted by Gasteiger charge is -2.44. The third-order valence-corrected chi connectivity index (χ3v) is 4.75. The smallest absolute Gasteiger partial charge is 0.410 e. The Hall–Kier alpha value is -1.82. The van der Waals surface area contributed by atoms with E-state index in [-0.39, 0.29) is 18.2 Å². The molecule has 1 saturated heterocycles. The van der Waals surface area contributed by atoms with E-state index in [1.807, 2.05) is 32.9 Å². The molecule has 1 aliphatic carbocycles. The number of nitrogens with zero attached hydrogens (tertiary/aromatic N) is 2. The van der Waals surface area contributed by atoms with Crippen molar-refractivity contribution >= 4 is 6.09 Å². The molecule has 0 bridgehead atoms. The Balaban J connectivity index is 1.60. The van der Waals surface area contributed by atoms with Gasteiger partial charge in [0.15, 0.2) is 0 Å². The van der Waals surface area contributed by atoms with Crippen molar-refractivity contribution in [3.05, 3.63) is 23.4 Å². The van der Waals surface area contributed by atoms with Crippen LogP contribution in [0.15, 0.2) is 12.1 Å². The zero-order chi connectivity index (χ0) is 17.6. The summed E-state index contributed by atoms with van der Waals surface area (Å²) in [6, 6.07) is 3.83. The number of likely N-dealkylation sites (tertiary alicyclic amines) is 1. The summed E-state index contributed by atoms with van der Waals surface area (Å²) in [5.74, 6) is 0.655. The maximum atomic E-state index is 12.7. The fourth-order valence-electron chi connectivity index (χ4n) is 3.51. The molecule has 6 nitrogen and oxygen atoms in total. The molecular formula is C19H26N2O4. The van der Waals surface area contributed by atoms with Crippen molar-refractivity contribution in [3.63, 3.8) is 0 Å². The molecule has 1 aromatic rings. The highest BCUT2D eigenvalue weighted by Crippen LogP contribution is 2.40. The molecule has 1 amide bonds. The first-order valence-corrected chi connectivity index (χ1v) is 9.18. The average Bonchev–Trinajstić information content (AvgIpc) is 3.36. The monoisotopic (exact) mass is 346 g/mol. The third kappa shape index (κ3) is 3.59. The second-order valence-corrected chi connectivity index (χ2v) is 8.11. The predicted octanol–water partition coefficient (Wildman–Crippen LogP) is 3.59. The van der Waals surface area contributed by atoms with Crippen LogP contribution in [-0.4, -0.2) is 40.3 Å². The SMILES string of the molecule is CC(C)(C)OC(=O)N1CCC[C@@H]2OCc3nc(OC4CC4)ccc3[C@@H]21. The summed E-state index contributed by atoms with van der Waals surface area (Å²) in [6.07, 6.45) is 4.12. The number of fused-ring (bicyclic) bond motifs is 3. The van der Waals surface area contributed by atoms with Gasteiger partial charge in [-0.15, -0.1) is 0 Å². The lowest BCUT2D eigenvalue weighted by Crippen LogP contribution is -2.49. The fraction of sp³-hybridized carbons (Fsp3) is 0.684. The zero-order valence-corrected chi connectivity index (χ0v) is 15.2. The first kappa shape index (κ1) is 16.6. The van der Waals surface area contributed by atoms with Crippen LogP contribution >= 0.6 is 0 Å². The van der Waals surface area contributed by atoms with Gasteiger partial charge in [0.2, 0.25) is 5.88 Å². The van der Waals surface area contributed by atoms with E-state index < -0.39 is 5.60 Å². The Morgan fingerprint density at radius 2 is 2.08 bits per heavy atom. The summed E-state index contributed by atoms with van der Waals surface area (Å²) in [6.45, 7) is 6.82. The number of ether oxygens (including phenoxy) is 3. The van der Waals surface area contributed by atoms with E-state index >= 15 is 0 Å². The zero-order valence-electron chi connectivity index (χ0n) is 15.2. The molecule has 1 saturated carbocycles. The lowest BCUT2D eigenvalue weighted by molar-refractivity contribution is -0.0726.